The highest BCUT2D eigenvalue weighted by Gasteiger charge is 2.07. The molecule has 0 aliphatic rings. The highest BCUT2D eigenvalue weighted by Crippen LogP contribution is 2.26. The third kappa shape index (κ3) is 4.83. The Balaban J connectivity index is 2.95. The quantitative estimate of drug-likeness (QED) is 0.773. The number of hydrogen-bond donors (Lipinski definition) is 2. The minimum Gasteiger partial charge on any atom is -0.495 e. The van der Waals surface area contributed by atoms with Gasteiger partial charge in [0.1, 0.15) is 5.75 Å². The zero-order valence-electron chi connectivity index (χ0n) is 11.0. The number of carboxylic acids is 1. The SMILES string of the molecule is CCCC(=O)Nc1cc(/C=C/C(=O)O)ccc1OC. The zero-order chi connectivity index (χ0) is 14.3. The summed E-state index contributed by atoms with van der Waals surface area (Å²) in [5, 5.41) is 11.3. The number of carboxylic acid groups (broad SMARTS) is 1. The third-order valence-electron chi connectivity index (χ3n) is 2.39. The Bertz CT molecular complexity index is 494. The van der Waals surface area contributed by atoms with Crippen LogP contribution in [-0.4, -0.2) is 24.1 Å². The van der Waals surface area contributed by atoms with Crippen LogP contribution in [0.3, 0.4) is 0 Å². The van der Waals surface area contributed by atoms with Gasteiger partial charge in [-0.1, -0.05) is 13.0 Å². The molecule has 5 heteroatoms. The number of nitrogens with one attached hydrogen (secondary N) is 1. The molecule has 0 spiro atoms. The van der Waals surface area contributed by atoms with Gasteiger partial charge in [0.15, 0.2) is 0 Å². The summed E-state index contributed by atoms with van der Waals surface area (Å²) in [6.45, 7) is 1.92. The molecular formula is C14H17NO4. The van der Waals surface area contributed by atoms with Crippen molar-refractivity contribution in [3.63, 3.8) is 0 Å². The number of amides is 1. The number of methoxy groups -OCH3 is 1. The lowest BCUT2D eigenvalue weighted by Crippen LogP contribution is -2.11. The highest BCUT2D eigenvalue weighted by molar-refractivity contribution is 5.93. The van der Waals surface area contributed by atoms with Crippen LogP contribution >= 0.6 is 0 Å². The fraction of sp³-hybridized carbons (Fsp3) is 0.286. The molecule has 0 unspecified atom stereocenters. The van der Waals surface area contributed by atoms with Gasteiger partial charge in [0.2, 0.25) is 5.91 Å². The Morgan fingerprint density at radius 2 is 2.16 bits per heavy atom. The van der Waals surface area contributed by atoms with E-state index in [1.807, 2.05) is 6.92 Å². The average Bonchev–Trinajstić information content (AvgIpc) is 2.36. The zero-order valence-corrected chi connectivity index (χ0v) is 11.0. The molecule has 1 aromatic rings. The molecule has 0 radical (unpaired) electrons. The van der Waals surface area contributed by atoms with E-state index in [4.69, 9.17) is 9.84 Å². The lowest BCUT2D eigenvalue weighted by atomic mass is 10.1. The summed E-state index contributed by atoms with van der Waals surface area (Å²) in [5.74, 6) is -0.579. The van der Waals surface area contributed by atoms with E-state index in [0.29, 0.717) is 23.4 Å². The topological polar surface area (TPSA) is 75.6 Å². The van der Waals surface area contributed by atoms with Gasteiger partial charge < -0.3 is 15.2 Å². The van der Waals surface area contributed by atoms with Gasteiger partial charge in [-0.15, -0.1) is 0 Å². The predicted molar refractivity (Wildman–Crippen MR) is 73.2 cm³/mol. The molecule has 0 aliphatic heterocycles. The average molecular weight is 263 g/mol. The summed E-state index contributed by atoms with van der Waals surface area (Å²) in [7, 11) is 1.51. The molecule has 1 aromatic carbocycles. The van der Waals surface area contributed by atoms with Crippen LogP contribution in [0.2, 0.25) is 0 Å². The van der Waals surface area contributed by atoms with E-state index >= 15 is 0 Å². The van der Waals surface area contributed by atoms with Crippen LogP contribution in [-0.2, 0) is 9.59 Å². The second-order valence-corrected chi connectivity index (χ2v) is 3.93. The van der Waals surface area contributed by atoms with Crippen molar-refractivity contribution in [2.75, 3.05) is 12.4 Å². The number of benzene rings is 1. The van der Waals surface area contributed by atoms with E-state index in [9.17, 15) is 9.59 Å². The number of rotatable bonds is 6. The van der Waals surface area contributed by atoms with Gasteiger partial charge in [0, 0.05) is 12.5 Å². The van der Waals surface area contributed by atoms with Crippen LogP contribution in [0.15, 0.2) is 24.3 Å². The maximum Gasteiger partial charge on any atom is 0.328 e. The summed E-state index contributed by atoms with van der Waals surface area (Å²) >= 11 is 0. The summed E-state index contributed by atoms with van der Waals surface area (Å²) in [4.78, 5) is 22.0. The highest BCUT2D eigenvalue weighted by atomic mass is 16.5. The van der Waals surface area contributed by atoms with Crippen molar-refractivity contribution in [2.24, 2.45) is 0 Å². The fourth-order valence-corrected chi connectivity index (χ4v) is 1.53. The van der Waals surface area contributed by atoms with E-state index in [1.54, 1.807) is 18.2 Å². The smallest absolute Gasteiger partial charge is 0.328 e. The van der Waals surface area contributed by atoms with Crippen molar-refractivity contribution in [1.29, 1.82) is 0 Å². The van der Waals surface area contributed by atoms with Crippen LogP contribution < -0.4 is 10.1 Å². The van der Waals surface area contributed by atoms with Crippen LogP contribution in [0.4, 0.5) is 5.69 Å². The number of ether oxygens (including phenoxy) is 1. The molecule has 0 saturated heterocycles. The number of carbonyl (C=O) groups is 2. The number of hydrogen-bond acceptors (Lipinski definition) is 3. The molecule has 0 aliphatic carbocycles. The summed E-state index contributed by atoms with van der Waals surface area (Å²) in [6.07, 6.45) is 3.68. The van der Waals surface area contributed by atoms with E-state index in [-0.39, 0.29) is 5.91 Å². The van der Waals surface area contributed by atoms with Gasteiger partial charge in [-0.2, -0.15) is 0 Å². The Kier molecular flexibility index (Phi) is 5.60. The summed E-state index contributed by atoms with van der Waals surface area (Å²) < 4.78 is 5.15. The fourth-order valence-electron chi connectivity index (χ4n) is 1.53. The van der Waals surface area contributed by atoms with Crippen molar-refractivity contribution in [3.05, 3.63) is 29.8 Å². The van der Waals surface area contributed by atoms with Crippen molar-refractivity contribution in [1.82, 2.24) is 0 Å². The second-order valence-electron chi connectivity index (χ2n) is 3.93. The van der Waals surface area contributed by atoms with E-state index in [0.717, 1.165) is 12.5 Å². The molecule has 1 amide bonds. The van der Waals surface area contributed by atoms with Crippen molar-refractivity contribution < 1.29 is 19.4 Å². The van der Waals surface area contributed by atoms with Gasteiger partial charge >= 0.3 is 5.97 Å². The number of aliphatic carboxylic acids is 1. The van der Waals surface area contributed by atoms with Gasteiger partial charge in [-0.3, -0.25) is 4.79 Å². The molecule has 0 atom stereocenters. The largest absolute Gasteiger partial charge is 0.495 e. The first-order valence-electron chi connectivity index (χ1n) is 5.95. The number of carbonyl (C=O) groups excluding carboxylic acids is 1. The Labute approximate surface area is 111 Å². The first-order chi connectivity index (χ1) is 9.06. The normalized spacial score (nSPS) is 10.4. The van der Waals surface area contributed by atoms with Crippen LogP contribution in [0.1, 0.15) is 25.3 Å². The molecule has 0 saturated carbocycles. The van der Waals surface area contributed by atoms with Gasteiger partial charge in [-0.05, 0) is 30.2 Å². The molecule has 102 valence electrons. The van der Waals surface area contributed by atoms with E-state index in [1.165, 1.54) is 13.2 Å². The van der Waals surface area contributed by atoms with E-state index in [2.05, 4.69) is 5.32 Å². The lowest BCUT2D eigenvalue weighted by Gasteiger charge is -2.10. The molecule has 0 heterocycles. The van der Waals surface area contributed by atoms with E-state index < -0.39 is 5.97 Å². The van der Waals surface area contributed by atoms with Crippen molar-refractivity contribution in [3.8, 4) is 5.75 Å². The number of anilines is 1. The molecule has 0 bridgehead atoms. The molecule has 5 nitrogen and oxygen atoms in total. The van der Waals surface area contributed by atoms with Gasteiger partial charge in [-0.25, -0.2) is 4.79 Å². The second kappa shape index (κ2) is 7.20. The van der Waals surface area contributed by atoms with Crippen LogP contribution in [0.5, 0.6) is 5.75 Å². The van der Waals surface area contributed by atoms with Crippen molar-refractivity contribution >= 4 is 23.6 Å². The van der Waals surface area contributed by atoms with Crippen molar-refractivity contribution in [2.45, 2.75) is 19.8 Å². The molecule has 1 rings (SSSR count). The predicted octanol–water partition coefficient (Wildman–Crippen LogP) is 2.53. The maximum absolute atomic E-state index is 11.6. The molecule has 19 heavy (non-hydrogen) atoms. The van der Waals surface area contributed by atoms with Crippen LogP contribution in [0.25, 0.3) is 6.08 Å². The lowest BCUT2D eigenvalue weighted by molar-refractivity contribution is -0.131. The van der Waals surface area contributed by atoms with Gasteiger partial charge in [0.25, 0.3) is 0 Å². The Morgan fingerprint density at radius 3 is 2.74 bits per heavy atom. The summed E-state index contributed by atoms with van der Waals surface area (Å²) in [6, 6.07) is 5.07. The van der Waals surface area contributed by atoms with Crippen LogP contribution in [0, 0.1) is 0 Å². The first kappa shape index (κ1) is 14.8. The van der Waals surface area contributed by atoms with Gasteiger partial charge in [0.05, 0.1) is 12.8 Å². The standard InChI is InChI=1S/C14H17NO4/c1-3-4-13(16)15-11-9-10(6-8-14(17)18)5-7-12(11)19-2/h5-9H,3-4H2,1-2H3,(H,15,16)(H,17,18)/b8-6+. The monoisotopic (exact) mass is 263 g/mol. The molecule has 0 fully saturated rings. The minimum atomic E-state index is -1.02. The Morgan fingerprint density at radius 1 is 1.42 bits per heavy atom. The molecule has 0 aromatic heterocycles. The first-order valence-corrected chi connectivity index (χ1v) is 5.95. The summed E-state index contributed by atoms with van der Waals surface area (Å²) in [5.41, 5.74) is 1.21. The minimum absolute atomic E-state index is 0.0971. The third-order valence-corrected chi connectivity index (χ3v) is 2.39. The maximum atomic E-state index is 11.6. The molecular weight excluding hydrogens is 246 g/mol. The molecule has 2 N–H and O–H groups in total. The Hall–Kier alpha value is -2.30.